The van der Waals surface area contributed by atoms with E-state index in [1.807, 2.05) is 43.0 Å². The van der Waals surface area contributed by atoms with Gasteiger partial charge in [-0.15, -0.1) is 0 Å². The third-order valence-corrected chi connectivity index (χ3v) is 4.63. The van der Waals surface area contributed by atoms with Crippen LogP contribution >= 0.6 is 0 Å². The first-order valence-electron chi connectivity index (χ1n) is 9.03. The molecule has 0 atom stereocenters. The normalized spacial score (nSPS) is 15.4. The summed E-state index contributed by atoms with van der Waals surface area (Å²) < 4.78 is 0. The summed E-state index contributed by atoms with van der Waals surface area (Å²) in [7, 11) is 1.80. The molecule has 0 aliphatic heterocycles. The third-order valence-electron chi connectivity index (χ3n) is 4.63. The molecule has 2 rings (SSSR count). The minimum Gasteiger partial charge on any atom is -0.354 e. The molecule has 0 bridgehead atoms. The van der Waals surface area contributed by atoms with Crippen LogP contribution in [-0.4, -0.2) is 42.9 Å². The van der Waals surface area contributed by atoms with Gasteiger partial charge in [-0.1, -0.05) is 25.0 Å². The van der Waals surface area contributed by atoms with Crippen molar-refractivity contribution in [3.63, 3.8) is 0 Å². The maximum atomic E-state index is 12.3. The maximum absolute atomic E-state index is 12.3. The van der Waals surface area contributed by atoms with Gasteiger partial charge in [0.2, 0.25) is 0 Å². The summed E-state index contributed by atoms with van der Waals surface area (Å²) in [4.78, 5) is 18.4. The quantitative estimate of drug-likeness (QED) is 0.623. The lowest BCUT2D eigenvalue weighted by Crippen LogP contribution is -2.41. The summed E-state index contributed by atoms with van der Waals surface area (Å²) in [6.45, 7) is 6.18. The molecule has 1 amide bonds. The Morgan fingerprint density at radius 3 is 2.33 bits per heavy atom. The van der Waals surface area contributed by atoms with Crippen LogP contribution in [0.4, 0.5) is 0 Å². The van der Waals surface area contributed by atoms with Crippen LogP contribution in [0.1, 0.15) is 55.5 Å². The summed E-state index contributed by atoms with van der Waals surface area (Å²) in [5.41, 5.74) is 1.89. The standard InChI is InChI=1S/C19H30N4O/c1-4-23(5-2)18(24)16-12-10-15(11-13-16)14-21-19(20-3)22-17-8-6-7-9-17/h10-13,17H,4-9,14H2,1-3H3,(H2,20,21,22). The summed E-state index contributed by atoms with van der Waals surface area (Å²) in [6.07, 6.45) is 5.05. The average Bonchev–Trinajstić information content (AvgIpc) is 3.13. The molecular formula is C19H30N4O. The second-order valence-electron chi connectivity index (χ2n) is 6.23. The molecule has 0 aromatic heterocycles. The minimum absolute atomic E-state index is 0.0956. The number of carbonyl (C=O) groups excluding carboxylic acids is 1. The molecule has 1 fully saturated rings. The number of nitrogens with one attached hydrogen (secondary N) is 2. The average molecular weight is 330 g/mol. The number of guanidine groups is 1. The molecule has 1 aliphatic rings. The van der Waals surface area contributed by atoms with Gasteiger partial charge in [0, 0.05) is 38.3 Å². The van der Waals surface area contributed by atoms with Gasteiger partial charge < -0.3 is 15.5 Å². The first-order valence-corrected chi connectivity index (χ1v) is 9.03. The molecule has 0 spiro atoms. The fourth-order valence-electron chi connectivity index (χ4n) is 3.10. The number of nitrogens with zero attached hydrogens (tertiary/aromatic N) is 2. The Hall–Kier alpha value is -2.04. The van der Waals surface area contributed by atoms with Crippen LogP contribution in [0, 0.1) is 0 Å². The lowest BCUT2D eigenvalue weighted by molar-refractivity contribution is 0.0773. The summed E-state index contributed by atoms with van der Waals surface area (Å²) in [6, 6.07) is 8.37. The summed E-state index contributed by atoms with van der Waals surface area (Å²) in [5.74, 6) is 0.948. The van der Waals surface area contributed by atoms with Crippen LogP contribution in [0.5, 0.6) is 0 Å². The lowest BCUT2D eigenvalue weighted by atomic mass is 10.1. The second kappa shape index (κ2) is 9.30. The Bertz CT molecular complexity index is 543. The number of aliphatic imine (C=N–C) groups is 1. The van der Waals surface area contributed by atoms with E-state index in [9.17, 15) is 4.79 Å². The smallest absolute Gasteiger partial charge is 0.253 e. The number of rotatable bonds is 6. The molecule has 0 heterocycles. The predicted octanol–water partition coefficient (Wildman–Crippen LogP) is 2.78. The second-order valence-corrected chi connectivity index (χ2v) is 6.23. The van der Waals surface area contributed by atoms with Gasteiger partial charge in [0.15, 0.2) is 5.96 Å². The Balaban J connectivity index is 1.87. The van der Waals surface area contributed by atoms with Crippen molar-refractivity contribution in [2.75, 3.05) is 20.1 Å². The number of amides is 1. The van der Waals surface area contributed by atoms with E-state index in [-0.39, 0.29) is 5.91 Å². The zero-order chi connectivity index (χ0) is 17.4. The first-order chi connectivity index (χ1) is 11.7. The molecule has 2 N–H and O–H groups in total. The SMILES string of the molecule is CCN(CC)C(=O)c1ccc(CNC(=NC)NC2CCCC2)cc1. The van der Waals surface area contributed by atoms with E-state index < -0.39 is 0 Å². The van der Waals surface area contributed by atoms with E-state index in [0.29, 0.717) is 12.6 Å². The number of carbonyl (C=O) groups is 1. The van der Waals surface area contributed by atoms with E-state index in [2.05, 4.69) is 15.6 Å². The van der Waals surface area contributed by atoms with Crippen molar-refractivity contribution in [2.45, 2.75) is 52.1 Å². The summed E-state index contributed by atoms with van der Waals surface area (Å²) >= 11 is 0. The molecular weight excluding hydrogens is 300 g/mol. The molecule has 0 radical (unpaired) electrons. The zero-order valence-electron chi connectivity index (χ0n) is 15.1. The number of hydrogen-bond donors (Lipinski definition) is 2. The molecule has 5 nitrogen and oxygen atoms in total. The van der Waals surface area contributed by atoms with Crippen molar-refractivity contribution in [1.29, 1.82) is 0 Å². The lowest BCUT2D eigenvalue weighted by Gasteiger charge is -2.19. The highest BCUT2D eigenvalue weighted by molar-refractivity contribution is 5.94. The van der Waals surface area contributed by atoms with Crippen LogP contribution < -0.4 is 10.6 Å². The van der Waals surface area contributed by atoms with Gasteiger partial charge in [-0.2, -0.15) is 0 Å². The first kappa shape index (κ1) is 18.3. The highest BCUT2D eigenvalue weighted by atomic mass is 16.2. The highest BCUT2D eigenvalue weighted by Gasteiger charge is 2.16. The Labute approximate surface area is 145 Å². The molecule has 1 aromatic carbocycles. The van der Waals surface area contributed by atoms with Crippen molar-refractivity contribution < 1.29 is 4.79 Å². The van der Waals surface area contributed by atoms with Gasteiger partial charge in [0.05, 0.1) is 0 Å². The molecule has 0 unspecified atom stereocenters. The summed E-state index contributed by atoms with van der Waals surface area (Å²) in [5, 5.41) is 6.82. The Morgan fingerprint density at radius 2 is 1.79 bits per heavy atom. The van der Waals surface area contributed by atoms with E-state index in [1.54, 1.807) is 7.05 Å². The van der Waals surface area contributed by atoms with Crippen LogP contribution in [0.15, 0.2) is 29.3 Å². The zero-order valence-corrected chi connectivity index (χ0v) is 15.1. The highest BCUT2D eigenvalue weighted by Crippen LogP contribution is 2.17. The van der Waals surface area contributed by atoms with E-state index in [4.69, 9.17) is 0 Å². The molecule has 24 heavy (non-hydrogen) atoms. The van der Waals surface area contributed by atoms with E-state index in [0.717, 1.165) is 30.2 Å². The molecule has 132 valence electrons. The van der Waals surface area contributed by atoms with Crippen LogP contribution in [0.3, 0.4) is 0 Å². The Kier molecular flexibility index (Phi) is 7.09. The largest absolute Gasteiger partial charge is 0.354 e. The number of benzene rings is 1. The van der Waals surface area contributed by atoms with Crippen LogP contribution in [0.25, 0.3) is 0 Å². The van der Waals surface area contributed by atoms with Crippen molar-refractivity contribution in [3.8, 4) is 0 Å². The van der Waals surface area contributed by atoms with E-state index >= 15 is 0 Å². The monoisotopic (exact) mass is 330 g/mol. The fourth-order valence-corrected chi connectivity index (χ4v) is 3.10. The maximum Gasteiger partial charge on any atom is 0.253 e. The molecule has 1 saturated carbocycles. The van der Waals surface area contributed by atoms with Crippen molar-refractivity contribution in [1.82, 2.24) is 15.5 Å². The van der Waals surface area contributed by atoms with Crippen molar-refractivity contribution >= 4 is 11.9 Å². The third kappa shape index (κ3) is 4.98. The molecule has 1 aliphatic carbocycles. The predicted molar refractivity (Wildman–Crippen MR) is 99.3 cm³/mol. The molecule has 5 heteroatoms. The van der Waals surface area contributed by atoms with Gasteiger partial charge >= 0.3 is 0 Å². The fraction of sp³-hybridized carbons (Fsp3) is 0.579. The van der Waals surface area contributed by atoms with Gasteiger partial charge in [-0.05, 0) is 44.4 Å². The Morgan fingerprint density at radius 1 is 1.17 bits per heavy atom. The van der Waals surface area contributed by atoms with Gasteiger partial charge in [0.1, 0.15) is 0 Å². The van der Waals surface area contributed by atoms with E-state index in [1.165, 1.54) is 25.7 Å². The van der Waals surface area contributed by atoms with Crippen molar-refractivity contribution in [3.05, 3.63) is 35.4 Å². The van der Waals surface area contributed by atoms with Gasteiger partial charge in [0.25, 0.3) is 5.91 Å². The molecule has 0 saturated heterocycles. The van der Waals surface area contributed by atoms with Crippen molar-refractivity contribution in [2.24, 2.45) is 4.99 Å². The van der Waals surface area contributed by atoms with Crippen LogP contribution in [-0.2, 0) is 6.54 Å². The van der Waals surface area contributed by atoms with Crippen LogP contribution in [0.2, 0.25) is 0 Å². The van der Waals surface area contributed by atoms with Gasteiger partial charge in [-0.3, -0.25) is 9.79 Å². The number of hydrogen-bond acceptors (Lipinski definition) is 2. The topological polar surface area (TPSA) is 56.7 Å². The minimum atomic E-state index is 0.0956. The van der Waals surface area contributed by atoms with Gasteiger partial charge in [-0.25, -0.2) is 0 Å². The molecule has 1 aromatic rings.